The molecule has 0 spiro atoms. The Morgan fingerprint density at radius 3 is 2.65 bits per heavy atom. The summed E-state index contributed by atoms with van der Waals surface area (Å²) >= 11 is 0. The Hall–Kier alpha value is -0.650. The molecule has 0 atom stereocenters. The van der Waals surface area contributed by atoms with Gasteiger partial charge in [0, 0.05) is 19.3 Å². The SMILES string of the molecule is O=C(COC1CCNCC1)NC1CCOCC1. The van der Waals surface area contributed by atoms with Crippen LogP contribution in [0.1, 0.15) is 25.7 Å². The highest BCUT2D eigenvalue weighted by Crippen LogP contribution is 2.08. The van der Waals surface area contributed by atoms with E-state index in [1.807, 2.05) is 0 Å². The van der Waals surface area contributed by atoms with Gasteiger partial charge in [0.05, 0.1) is 6.10 Å². The third-order valence-corrected chi connectivity index (χ3v) is 3.32. The van der Waals surface area contributed by atoms with E-state index in [1.165, 1.54) is 0 Å². The summed E-state index contributed by atoms with van der Waals surface area (Å²) in [6, 6.07) is 0.271. The van der Waals surface area contributed by atoms with Gasteiger partial charge in [-0.1, -0.05) is 0 Å². The van der Waals surface area contributed by atoms with Gasteiger partial charge in [-0.15, -0.1) is 0 Å². The van der Waals surface area contributed by atoms with Crippen LogP contribution in [0.15, 0.2) is 0 Å². The second kappa shape index (κ2) is 6.93. The summed E-state index contributed by atoms with van der Waals surface area (Å²) in [6.07, 6.45) is 4.09. The molecule has 2 rings (SSSR count). The molecule has 0 aromatic rings. The maximum atomic E-state index is 11.7. The van der Waals surface area contributed by atoms with Gasteiger partial charge in [0.25, 0.3) is 0 Å². The van der Waals surface area contributed by atoms with Crippen LogP contribution in [0, 0.1) is 0 Å². The summed E-state index contributed by atoms with van der Waals surface area (Å²) in [5.74, 6) is 0.00966. The van der Waals surface area contributed by atoms with Crippen molar-refractivity contribution in [2.24, 2.45) is 0 Å². The second-order valence-corrected chi connectivity index (χ2v) is 4.71. The fourth-order valence-electron chi connectivity index (χ4n) is 2.27. The molecule has 2 aliphatic rings. The van der Waals surface area contributed by atoms with Crippen LogP contribution in [-0.2, 0) is 14.3 Å². The van der Waals surface area contributed by atoms with E-state index in [4.69, 9.17) is 9.47 Å². The molecule has 2 N–H and O–H groups in total. The van der Waals surface area contributed by atoms with Crippen LogP contribution in [0.25, 0.3) is 0 Å². The van der Waals surface area contributed by atoms with Crippen molar-refractivity contribution in [3.63, 3.8) is 0 Å². The van der Waals surface area contributed by atoms with Gasteiger partial charge in [0.15, 0.2) is 0 Å². The van der Waals surface area contributed by atoms with Crippen LogP contribution in [0.5, 0.6) is 0 Å². The molecule has 0 saturated carbocycles. The third-order valence-electron chi connectivity index (χ3n) is 3.32. The Morgan fingerprint density at radius 1 is 1.24 bits per heavy atom. The molecule has 5 nitrogen and oxygen atoms in total. The van der Waals surface area contributed by atoms with Crippen LogP contribution < -0.4 is 10.6 Å². The molecule has 2 saturated heterocycles. The van der Waals surface area contributed by atoms with E-state index in [0.29, 0.717) is 0 Å². The first-order chi connectivity index (χ1) is 8.34. The summed E-state index contributed by atoms with van der Waals surface area (Å²) in [6.45, 7) is 3.68. The lowest BCUT2D eigenvalue weighted by molar-refractivity contribution is -0.129. The zero-order valence-corrected chi connectivity index (χ0v) is 10.2. The lowest BCUT2D eigenvalue weighted by Gasteiger charge is -2.25. The van der Waals surface area contributed by atoms with Gasteiger partial charge in [0.2, 0.25) is 5.91 Å². The lowest BCUT2D eigenvalue weighted by Crippen LogP contribution is -2.42. The van der Waals surface area contributed by atoms with E-state index < -0.39 is 0 Å². The highest BCUT2D eigenvalue weighted by Gasteiger charge is 2.18. The van der Waals surface area contributed by atoms with Crippen molar-refractivity contribution in [1.29, 1.82) is 0 Å². The molecule has 0 aromatic carbocycles. The van der Waals surface area contributed by atoms with E-state index in [1.54, 1.807) is 0 Å². The molecule has 17 heavy (non-hydrogen) atoms. The molecular weight excluding hydrogens is 220 g/mol. The Bertz CT molecular complexity index is 236. The summed E-state index contributed by atoms with van der Waals surface area (Å²) in [4.78, 5) is 11.7. The largest absolute Gasteiger partial charge is 0.381 e. The molecule has 2 heterocycles. The van der Waals surface area contributed by atoms with Gasteiger partial charge in [0.1, 0.15) is 6.61 Å². The first-order valence-corrected chi connectivity index (χ1v) is 6.54. The number of carbonyl (C=O) groups excluding carboxylic acids is 1. The smallest absolute Gasteiger partial charge is 0.246 e. The number of piperidine rings is 1. The van der Waals surface area contributed by atoms with Crippen molar-refractivity contribution < 1.29 is 14.3 Å². The molecule has 0 aromatic heterocycles. The topological polar surface area (TPSA) is 59.6 Å². The normalized spacial score (nSPS) is 23.5. The number of carbonyl (C=O) groups is 1. The first-order valence-electron chi connectivity index (χ1n) is 6.54. The maximum Gasteiger partial charge on any atom is 0.246 e. The molecule has 1 amide bonds. The predicted octanol–water partition coefficient (Wildman–Crippen LogP) is 0.0502. The minimum Gasteiger partial charge on any atom is -0.381 e. The lowest BCUT2D eigenvalue weighted by atomic mass is 10.1. The molecule has 98 valence electrons. The average Bonchev–Trinajstić information content (AvgIpc) is 2.39. The number of rotatable bonds is 4. The van der Waals surface area contributed by atoms with Crippen molar-refractivity contribution in [2.75, 3.05) is 32.9 Å². The molecule has 0 radical (unpaired) electrons. The van der Waals surface area contributed by atoms with Gasteiger partial charge < -0.3 is 20.1 Å². The first kappa shape index (κ1) is 12.8. The van der Waals surface area contributed by atoms with E-state index in [9.17, 15) is 4.79 Å². The Labute approximate surface area is 102 Å². The predicted molar refractivity (Wildman–Crippen MR) is 63.8 cm³/mol. The Balaban J connectivity index is 1.59. The number of ether oxygens (including phenoxy) is 2. The summed E-state index contributed by atoms with van der Waals surface area (Å²) in [5, 5.41) is 6.27. The van der Waals surface area contributed by atoms with Crippen molar-refractivity contribution in [1.82, 2.24) is 10.6 Å². The zero-order valence-electron chi connectivity index (χ0n) is 10.2. The third kappa shape index (κ3) is 4.61. The fraction of sp³-hybridized carbons (Fsp3) is 0.917. The molecule has 0 bridgehead atoms. The number of amides is 1. The van der Waals surface area contributed by atoms with Gasteiger partial charge >= 0.3 is 0 Å². The van der Waals surface area contributed by atoms with Crippen molar-refractivity contribution in [3.05, 3.63) is 0 Å². The highest BCUT2D eigenvalue weighted by atomic mass is 16.5. The molecule has 0 aliphatic carbocycles. The minimum atomic E-state index is 0.00966. The fourth-order valence-corrected chi connectivity index (χ4v) is 2.27. The monoisotopic (exact) mass is 242 g/mol. The Kier molecular flexibility index (Phi) is 5.22. The number of nitrogens with one attached hydrogen (secondary N) is 2. The Morgan fingerprint density at radius 2 is 1.94 bits per heavy atom. The molecular formula is C12H22N2O3. The quantitative estimate of drug-likeness (QED) is 0.731. The van der Waals surface area contributed by atoms with E-state index in [2.05, 4.69) is 10.6 Å². The molecule has 5 heteroatoms. The standard InChI is InChI=1S/C12H22N2O3/c15-12(14-10-3-7-16-8-4-10)9-17-11-1-5-13-6-2-11/h10-11,13H,1-9H2,(H,14,15). The number of hydrogen-bond acceptors (Lipinski definition) is 4. The van der Waals surface area contributed by atoms with E-state index in [0.717, 1.165) is 52.0 Å². The minimum absolute atomic E-state index is 0.00966. The summed E-state index contributed by atoms with van der Waals surface area (Å²) < 4.78 is 10.8. The number of hydrogen-bond donors (Lipinski definition) is 2. The maximum absolute atomic E-state index is 11.7. The van der Waals surface area contributed by atoms with E-state index in [-0.39, 0.29) is 24.7 Å². The summed E-state index contributed by atoms with van der Waals surface area (Å²) in [7, 11) is 0. The highest BCUT2D eigenvalue weighted by molar-refractivity contribution is 5.77. The van der Waals surface area contributed by atoms with Crippen molar-refractivity contribution >= 4 is 5.91 Å². The van der Waals surface area contributed by atoms with Crippen molar-refractivity contribution in [2.45, 2.75) is 37.8 Å². The molecule has 2 aliphatic heterocycles. The molecule has 0 unspecified atom stereocenters. The van der Waals surface area contributed by atoms with Crippen LogP contribution in [0.4, 0.5) is 0 Å². The van der Waals surface area contributed by atoms with Gasteiger partial charge in [-0.2, -0.15) is 0 Å². The van der Waals surface area contributed by atoms with E-state index >= 15 is 0 Å². The van der Waals surface area contributed by atoms with Crippen LogP contribution in [0.2, 0.25) is 0 Å². The molecule has 2 fully saturated rings. The van der Waals surface area contributed by atoms with Crippen LogP contribution >= 0.6 is 0 Å². The van der Waals surface area contributed by atoms with Gasteiger partial charge in [-0.25, -0.2) is 0 Å². The second-order valence-electron chi connectivity index (χ2n) is 4.71. The average molecular weight is 242 g/mol. The van der Waals surface area contributed by atoms with Crippen LogP contribution in [0.3, 0.4) is 0 Å². The van der Waals surface area contributed by atoms with Gasteiger partial charge in [-0.05, 0) is 38.8 Å². The zero-order chi connectivity index (χ0) is 11.9. The van der Waals surface area contributed by atoms with Crippen LogP contribution in [-0.4, -0.2) is 51.0 Å². The van der Waals surface area contributed by atoms with Gasteiger partial charge in [-0.3, -0.25) is 4.79 Å². The summed E-state index contributed by atoms with van der Waals surface area (Å²) in [5.41, 5.74) is 0. The van der Waals surface area contributed by atoms with Crippen molar-refractivity contribution in [3.8, 4) is 0 Å².